The van der Waals surface area contributed by atoms with Crippen molar-refractivity contribution < 1.29 is 28.6 Å². The Balaban J connectivity index is 4.59. The van der Waals surface area contributed by atoms with Crippen LogP contribution < -0.4 is 0 Å². The third kappa shape index (κ3) is 48.3. The fourth-order valence-corrected chi connectivity index (χ4v) is 6.04. The van der Waals surface area contributed by atoms with Crippen molar-refractivity contribution in [2.24, 2.45) is 0 Å². The number of esters is 3. The van der Waals surface area contributed by atoms with Crippen LogP contribution in [0.5, 0.6) is 0 Å². The summed E-state index contributed by atoms with van der Waals surface area (Å²) in [5.41, 5.74) is 0. The van der Waals surface area contributed by atoms with Crippen molar-refractivity contribution in [3.63, 3.8) is 0 Å². The molecule has 0 aromatic heterocycles. The summed E-state index contributed by atoms with van der Waals surface area (Å²) in [5, 5.41) is 0. The van der Waals surface area contributed by atoms with E-state index in [2.05, 4.69) is 130 Å². The summed E-state index contributed by atoms with van der Waals surface area (Å²) in [4.78, 5) is 37.9. The zero-order chi connectivity index (χ0) is 46.5. The summed E-state index contributed by atoms with van der Waals surface area (Å²) >= 11 is 0. The van der Waals surface area contributed by atoms with E-state index in [-0.39, 0.29) is 44.0 Å². The standard InChI is InChI=1S/C58H88O6/c1-4-7-10-13-16-19-22-25-27-28-29-30-32-33-36-39-42-45-48-51-57(60)63-54-55(53-62-56(59)50-47-44-41-38-35-24-21-18-15-12-9-6-3)64-58(61)52-49-46-43-40-37-34-31-26-23-20-17-14-11-8-5-2/h7-12,14,16-21,23,25-27,29-31,33,36,42,45,55H,4-6,13,15,22,24,28,32,34-35,37-41,43-44,46-54H2,1-3H3/b10-7-,11-8-,12-9-,17-14-,19-16-,21-18-,23-20-,27-25-,30-29-,31-26-,36-33-,45-42-. The molecule has 0 aliphatic heterocycles. The van der Waals surface area contributed by atoms with Crippen molar-refractivity contribution in [1.82, 2.24) is 0 Å². The lowest BCUT2D eigenvalue weighted by molar-refractivity contribution is -0.166. The normalized spacial score (nSPS) is 13.4. The van der Waals surface area contributed by atoms with Crippen molar-refractivity contribution in [2.75, 3.05) is 13.2 Å². The molecule has 0 amide bonds. The molecule has 0 bridgehead atoms. The molecule has 0 saturated heterocycles. The number of rotatable bonds is 42. The number of allylic oxidation sites excluding steroid dienone is 24. The highest BCUT2D eigenvalue weighted by molar-refractivity contribution is 5.71. The lowest BCUT2D eigenvalue weighted by Gasteiger charge is -2.18. The molecule has 6 nitrogen and oxygen atoms in total. The fourth-order valence-electron chi connectivity index (χ4n) is 6.04. The predicted molar refractivity (Wildman–Crippen MR) is 274 cm³/mol. The third-order valence-corrected chi connectivity index (χ3v) is 9.68. The molecule has 64 heavy (non-hydrogen) atoms. The minimum Gasteiger partial charge on any atom is -0.462 e. The van der Waals surface area contributed by atoms with E-state index in [0.29, 0.717) is 12.8 Å². The Labute approximate surface area is 391 Å². The number of unbranched alkanes of at least 4 members (excludes halogenated alkanes) is 10. The topological polar surface area (TPSA) is 78.9 Å². The summed E-state index contributed by atoms with van der Waals surface area (Å²) in [6.45, 7) is 6.14. The molecule has 0 saturated carbocycles. The van der Waals surface area contributed by atoms with Crippen LogP contribution >= 0.6 is 0 Å². The van der Waals surface area contributed by atoms with Gasteiger partial charge in [0.1, 0.15) is 13.2 Å². The average molecular weight is 881 g/mol. The molecule has 0 fully saturated rings. The van der Waals surface area contributed by atoms with Gasteiger partial charge in [-0.3, -0.25) is 14.4 Å². The van der Waals surface area contributed by atoms with Gasteiger partial charge in [-0.15, -0.1) is 0 Å². The van der Waals surface area contributed by atoms with Gasteiger partial charge in [0, 0.05) is 19.3 Å². The Bertz CT molecular complexity index is 1480. The maximum absolute atomic E-state index is 12.8. The SMILES string of the molecule is CC\C=C/C=C\C=C/C=C\CCCCCCCC(=O)OC(COC(=O)CC/C=C\C/C=C\C/C=C\C/C=C\C/C=C\C/C=C\CC)COC(=O)CCCCCCC/C=C\C/C=C\CC. The van der Waals surface area contributed by atoms with Crippen LogP contribution in [0.15, 0.2) is 146 Å². The van der Waals surface area contributed by atoms with Crippen LogP contribution in [0, 0.1) is 0 Å². The summed E-state index contributed by atoms with van der Waals surface area (Å²) in [6.07, 6.45) is 72.7. The Morgan fingerprint density at radius 3 is 1.16 bits per heavy atom. The van der Waals surface area contributed by atoms with Gasteiger partial charge in [-0.1, -0.05) is 205 Å². The summed E-state index contributed by atoms with van der Waals surface area (Å²) in [5.74, 6) is -1.06. The Kier molecular flexibility index (Phi) is 47.2. The molecule has 0 radical (unpaired) electrons. The van der Waals surface area contributed by atoms with E-state index in [0.717, 1.165) is 135 Å². The van der Waals surface area contributed by atoms with Crippen LogP contribution in [0.1, 0.15) is 181 Å². The molecule has 6 heteroatoms. The molecule has 356 valence electrons. The monoisotopic (exact) mass is 881 g/mol. The van der Waals surface area contributed by atoms with Crippen LogP contribution in [0.2, 0.25) is 0 Å². The van der Waals surface area contributed by atoms with Crippen molar-refractivity contribution in [2.45, 2.75) is 187 Å². The maximum Gasteiger partial charge on any atom is 0.306 e. The molecule has 0 N–H and O–H groups in total. The third-order valence-electron chi connectivity index (χ3n) is 9.68. The van der Waals surface area contributed by atoms with Gasteiger partial charge in [0.15, 0.2) is 6.10 Å². The molecule has 0 rings (SSSR count). The fraction of sp³-hybridized carbons (Fsp3) is 0.534. The van der Waals surface area contributed by atoms with Crippen LogP contribution in [0.4, 0.5) is 0 Å². The molecule has 0 heterocycles. The Morgan fingerprint density at radius 2 is 0.672 bits per heavy atom. The molecule has 0 spiro atoms. The van der Waals surface area contributed by atoms with Crippen LogP contribution in [-0.4, -0.2) is 37.2 Å². The first-order valence-electron chi connectivity index (χ1n) is 24.9. The zero-order valence-corrected chi connectivity index (χ0v) is 40.5. The van der Waals surface area contributed by atoms with E-state index in [1.54, 1.807) is 0 Å². The Hall–Kier alpha value is -4.71. The van der Waals surface area contributed by atoms with Gasteiger partial charge in [-0.25, -0.2) is 0 Å². The highest BCUT2D eigenvalue weighted by atomic mass is 16.6. The molecule has 0 aliphatic rings. The molecular formula is C58H88O6. The molecule has 0 aromatic carbocycles. The van der Waals surface area contributed by atoms with E-state index in [4.69, 9.17) is 14.2 Å². The first-order valence-corrected chi connectivity index (χ1v) is 24.9. The smallest absolute Gasteiger partial charge is 0.306 e. The van der Waals surface area contributed by atoms with Gasteiger partial charge in [0.05, 0.1) is 0 Å². The van der Waals surface area contributed by atoms with Gasteiger partial charge in [-0.05, 0) is 103 Å². The second-order valence-corrected chi connectivity index (χ2v) is 15.7. The number of hydrogen-bond donors (Lipinski definition) is 0. The molecule has 0 aliphatic carbocycles. The lowest BCUT2D eigenvalue weighted by atomic mass is 10.1. The summed E-state index contributed by atoms with van der Waals surface area (Å²) in [6, 6.07) is 0. The first kappa shape index (κ1) is 59.3. The van der Waals surface area contributed by atoms with Crippen LogP contribution in [0.3, 0.4) is 0 Å². The maximum atomic E-state index is 12.8. The molecule has 0 aromatic rings. The highest BCUT2D eigenvalue weighted by Crippen LogP contribution is 2.12. The van der Waals surface area contributed by atoms with E-state index in [1.165, 1.54) is 0 Å². The lowest BCUT2D eigenvalue weighted by Crippen LogP contribution is -2.30. The second-order valence-electron chi connectivity index (χ2n) is 15.7. The van der Waals surface area contributed by atoms with Crippen LogP contribution in [0.25, 0.3) is 0 Å². The first-order chi connectivity index (χ1) is 31.5. The Morgan fingerprint density at radius 1 is 0.328 bits per heavy atom. The van der Waals surface area contributed by atoms with Crippen molar-refractivity contribution in [3.8, 4) is 0 Å². The number of hydrogen-bond acceptors (Lipinski definition) is 6. The van der Waals surface area contributed by atoms with Crippen molar-refractivity contribution in [3.05, 3.63) is 146 Å². The number of carbonyl (C=O) groups is 3. The largest absolute Gasteiger partial charge is 0.462 e. The van der Waals surface area contributed by atoms with Gasteiger partial charge >= 0.3 is 17.9 Å². The average Bonchev–Trinajstić information content (AvgIpc) is 3.29. The summed E-state index contributed by atoms with van der Waals surface area (Å²) < 4.78 is 16.7. The van der Waals surface area contributed by atoms with Crippen molar-refractivity contribution in [1.29, 1.82) is 0 Å². The van der Waals surface area contributed by atoms with Gasteiger partial charge in [0.2, 0.25) is 0 Å². The van der Waals surface area contributed by atoms with Gasteiger partial charge in [-0.2, -0.15) is 0 Å². The minimum atomic E-state index is -0.832. The summed E-state index contributed by atoms with van der Waals surface area (Å²) in [7, 11) is 0. The minimum absolute atomic E-state index is 0.125. The number of carbonyl (C=O) groups excluding carboxylic acids is 3. The van der Waals surface area contributed by atoms with Gasteiger partial charge in [0.25, 0.3) is 0 Å². The van der Waals surface area contributed by atoms with E-state index < -0.39 is 6.10 Å². The second kappa shape index (κ2) is 50.9. The van der Waals surface area contributed by atoms with Crippen LogP contribution in [-0.2, 0) is 28.6 Å². The molecule has 1 atom stereocenters. The van der Waals surface area contributed by atoms with E-state index in [1.807, 2.05) is 36.5 Å². The van der Waals surface area contributed by atoms with Gasteiger partial charge < -0.3 is 14.2 Å². The predicted octanol–water partition coefficient (Wildman–Crippen LogP) is 16.5. The zero-order valence-electron chi connectivity index (χ0n) is 40.5. The van der Waals surface area contributed by atoms with Crippen molar-refractivity contribution >= 4 is 17.9 Å². The number of ether oxygens (including phenoxy) is 3. The molecule has 1 unspecified atom stereocenters. The quantitative estimate of drug-likeness (QED) is 0.0200. The highest BCUT2D eigenvalue weighted by Gasteiger charge is 2.19. The van der Waals surface area contributed by atoms with E-state index in [9.17, 15) is 14.4 Å². The molecular weight excluding hydrogens is 793 g/mol. The van der Waals surface area contributed by atoms with E-state index >= 15 is 0 Å².